The molecule has 4 nitrogen and oxygen atoms in total. The number of ether oxygens (including phenoxy) is 1. The lowest BCUT2D eigenvalue weighted by Gasteiger charge is -2.34. The quantitative estimate of drug-likeness (QED) is 0.732. The fourth-order valence-corrected chi connectivity index (χ4v) is 2.70. The van der Waals surface area contributed by atoms with Gasteiger partial charge in [0.05, 0.1) is 6.10 Å². The highest BCUT2D eigenvalue weighted by molar-refractivity contribution is 4.80. The Kier molecular flexibility index (Phi) is 4.58. The average Bonchev–Trinajstić information content (AvgIpc) is 2.70. The van der Waals surface area contributed by atoms with E-state index in [9.17, 15) is 0 Å². The van der Waals surface area contributed by atoms with Gasteiger partial charge in [-0.15, -0.1) is 0 Å². The van der Waals surface area contributed by atoms with Crippen LogP contribution in [0, 0.1) is 0 Å². The zero-order valence-corrected chi connectivity index (χ0v) is 10.6. The molecule has 94 valence electrons. The summed E-state index contributed by atoms with van der Waals surface area (Å²) in [7, 11) is 4.41. The van der Waals surface area contributed by atoms with Crippen LogP contribution in [0.4, 0.5) is 0 Å². The van der Waals surface area contributed by atoms with Crippen molar-refractivity contribution >= 4 is 0 Å². The van der Waals surface area contributed by atoms with E-state index >= 15 is 0 Å². The maximum Gasteiger partial charge on any atom is 0.0702 e. The van der Waals surface area contributed by atoms with Gasteiger partial charge in [-0.25, -0.2) is 0 Å². The van der Waals surface area contributed by atoms with Gasteiger partial charge < -0.3 is 19.9 Å². The van der Waals surface area contributed by atoms with Gasteiger partial charge in [0.1, 0.15) is 0 Å². The van der Waals surface area contributed by atoms with Gasteiger partial charge in [0.25, 0.3) is 0 Å². The summed E-state index contributed by atoms with van der Waals surface area (Å²) in [4.78, 5) is 4.81. The topological polar surface area (TPSA) is 27.7 Å². The Morgan fingerprint density at radius 3 is 3.00 bits per heavy atom. The van der Waals surface area contributed by atoms with Crippen LogP contribution in [0.3, 0.4) is 0 Å². The van der Waals surface area contributed by atoms with E-state index in [0.717, 1.165) is 32.8 Å². The summed E-state index contributed by atoms with van der Waals surface area (Å²) < 4.78 is 5.66. The molecule has 0 amide bonds. The first-order valence-corrected chi connectivity index (χ1v) is 6.46. The summed E-state index contributed by atoms with van der Waals surface area (Å²) in [5, 5.41) is 3.58. The van der Waals surface area contributed by atoms with Crippen molar-refractivity contribution in [1.82, 2.24) is 15.1 Å². The molecule has 0 radical (unpaired) electrons. The van der Waals surface area contributed by atoms with Crippen molar-refractivity contribution < 1.29 is 4.74 Å². The summed E-state index contributed by atoms with van der Waals surface area (Å²) in [5.41, 5.74) is 0. The minimum Gasteiger partial charge on any atom is -0.377 e. The Morgan fingerprint density at radius 1 is 1.44 bits per heavy atom. The van der Waals surface area contributed by atoms with E-state index < -0.39 is 0 Å². The Balaban J connectivity index is 1.67. The highest BCUT2D eigenvalue weighted by Crippen LogP contribution is 2.12. The first-order valence-electron chi connectivity index (χ1n) is 6.46. The zero-order valence-electron chi connectivity index (χ0n) is 10.6. The van der Waals surface area contributed by atoms with E-state index in [1.54, 1.807) is 0 Å². The van der Waals surface area contributed by atoms with Gasteiger partial charge >= 0.3 is 0 Å². The van der Waals surface area contributed by atoms with Gasteiger partial charge in [0.2, 0.25) is 0 Å². The van der Waals surface area contributed by atoms with Crippen LogP contribution in [0.1, 0.15) is 12.8 Å². The average molecular weight is 227 g/mol. The lowest BCUT2D eigenvalue weighted by molar-refractivity contribution is 0.0751. The smallest absolute Gasteiger partial charge is 0.0702 e. The molecule has 0 spiro atoms. The molecule has 2 rings (SSSR count). The second-order valence-electron chi connectivity index (χ2n) is 5.27. The fraction of sp³-hybridized carbons (Fsp3) is 1.00. The number of piperazine rings is 1. The van der Waals surface area contributed by atoms with E-state index in [-0.39, 0.29) is 0 Å². The third-order valence-corrected chi connectivity index (χ3v) is 3.53. The van der Waals surface area contributed by atoms with Crippen LogP contribution in [0.5, 0.6) is 0 Å². The molecule has 0 bridgehead atoms. The SMILES string of the molecule is CN1CCNC(CN(C)CC2CCCO2)C1. The number of nitrogens with zero attached hydrogens (tertiary/aromatic N) is 2. The molecule has 2 heterocycles. The van der Waals surface area contributed by atoms with Crippen molar-refractivity contribution in [1.29, 1.82) is 0 Å². The number of hydrogen-bond acceptors (Lipinski definition) is 4. The largest absolute Gasteiger partial charge is 0.377 e. The van der Waals surface area contributed by atoms with Crippen LogP contribution in [-0.2, 0) is 4.74 Å². The summed E-state index contributed by atoms with van der Waals surface area (Å²) in [6.45, 7) is 6.63. The third kappa shape index (κ3) is 3.70. The maximum absolute atomic E-state index is 5.66. The van der Waals surface area contributed by atoms with Crippen LogP contribution in [0.25, 0.3) is 0 Å². The molecule has 4 heteroatoms. The lowest BCUT2D eigenvalue weighted by atomic mass is 10.2. The van der Waals surface area contributed by atoms with E-state index in [1.807, 2.05) is 0 Å². The van der Waals surface area contributed by atoms with Crippen molar-refractivity contribution in [3.8, 4) is 0 Å². The minimum absolute atomic E-state index is 0.478. The Hall–Kier alpha value is -0.160. The molecule has 2 atom stereocenters. The van der Waals surface area contributed by atoms with Crippen LogP contribution in [-0.4, -0.2) is 75.4 Å². The molecule has 2 saturated heterocycles. The van der Waals surface area contributed by atoms with Crippen molar-refractivity contribution in [2.24, 2.45) is 0 Å². The van der Waals surface area contributed by atoms with Gasteiger partial charge in [-0.3, -0.25) is 0 Å². The normalized spacial score (nSPS) is 32.4. The van der Waals surface area contributed by atoms with Crippen molar-refractivity contribution in [2.75, 3.05) is 53.4 Å². The molecule has 0 aromatic heterocycles. The molecule has 0 aromatic carbocycles. The molecule has 0 saturated carbocycles. The summed E-state index contributed by atoms with van der Waals surface area (Å²) in [6, 6.07) is 0.616. The minimum atomic E-state index is 0.478. The Bertz CT molecular complexity index is 206. The molecule has 16 heavy (non-hydrogen) atoms. The van der Waals surface area contributed by atoms with Gasteiger partial charge in [-0.05, 0) is 26.9 Å². The van der Waals surface area contributed by atoms with E-state index in [4.69, 9.17) is 4.74 Å². The summed E-state index contributed by atoms with van der Waals surface area (Å²) >= 11 is 0. The first-order chi connectivity index (χ1) is 7.74. The molecule has 2 unspecified atom stereocenters. The van der Waals surface area contributed by atoms with Crippen molar-refractivity contribution in [3.05, 3.63) is 0 Å². The lowest BCUT2D eigenvalue weighted by Crippen LogP contribution is -2.53. The van der Waals surface area contributed by atoms with Gasteiger partial charge in [0.15, 0.2) is 0 Å². The molecule has 1 N–H and O–H groups in total. The highest BCUT2D eigenvalue weighted by atomic mass is 16.5. The predicted molar refractivity (Wildman–Crippen MR) is 65.8 cm³/mol. The second kappa shape index (κ2) is 5.96. The van der Waals surface area contributed by atoms with Crippen LogP contribution >= 0.6 is 0 Å². The summed E-state index contributed by atoms with van der Waals surface area (Å²) in [5.74, 6) is 0. The van der Waals surface area contributed by atoms with E-state index in [0.29, 0.717) is 12.1 Å². The number of likely N-dealkylation sites (N-methyl/N-ethyl adjacent to an activating group) is 2. The molecule has 2 aliphatic rings. The highest BCUT2D eigenvalue weighted by Gasteiger charge is 2.21. The standard InChI is InChI=1S/C12H25N3O/c1-14-6-5-13-11(8-14)9-15(2)10-12-4-3-7-16-12/h11-13H,3-10H2,1-2H3. The number of nitrogens with one attached hydrogen (secondary N) is 1. The van der Waals surface area contributed by atoms with Crippen molar-refractivity contribution in [3.63, 3.8) is 0 Å². The Morgan fingerprint density at radius 2 is 2.31 bits per heavy atom. The second-order valence-corrected chi connectivity index (χ2v) is 5.27. The monoisotopic (exact) mass is 227 g/mol. The van der Waals surface area contributed by atoms with Crippen molar-refractivity contribution in [2.45, 2.75) is 25.0 Å². The molecule has 2 aliphatic heterocycles. The summed E-state index contributed by atoms with van der Waals surface area (Å²) in [6.07, 6.45) is 2.96. The molecule has 0 aliphatic carbocycles. The molecule has 0 aromatic rings. The van der Waals surface area contributed by atoms with E-state index in [1.165, 1.54) is 19.4 Å². The number of rotatable bonds is 4. The van der Waals surface area contributed by atoms with Gasteiger partial charge in [-0.1, -0.05) is 0 Å². The molecular formula is C12H25N3O. The van der Waals surface area contributed by atoms with E-state index in [2.05, 4.69) is 29.2 Å². The Labute approximate surface area is 98.9 Å². The number of hydrogen-bond donors (Lipinski definition) is 1. The van der Waals surface area contributed by atoms with Gasteiger partial charge in [0, 0.05) is 45.4 Å². The van der Waals surface area contributed by atoms with Crippen LogP contribution < -0.4 is 5.32 Å². The van der Waals surface area contributed by atoms with Crippen LogP contribution in [0.15, 0.2) is 0 Å². The molecular weight excluding hydrogens is 202 g/mol. The first kappa shape index (κ1) is 12.3. The van der Waals surface area contributed by atoms with Gasteiger partial charge in [-0.2, -0.15) is 0 Å². The molecule has 2 fully saturated rings. The third-order valence-electron chi connectivity index (χ3n) is 3.53. The maximum atomic E-state index is 5.66. The predicted octanol–water partition coefficient (Wildman–Crippen LogP) is 0.000800. The zero-order chi connectivity index (χ0) is 11.4. The fourth-order valence-electron chi connectivity index (χ4n) is 2.70. The van der Waals surface area contributed by atoms with Crippen LogP contribution in [0.2, 0.25) is 0 Å².